The van der Waals surface area contributed by atoms with E-state index in [4.69, 9.17) is 16.8 Å². The maximum Gasteiger partial charge on any atom is -0.0885 e. The third-order valence-electron chi connectivity index (χ3n) is 0. The lowest BCUT2D eigenvalue weighted by Crippen LogP contribution is -1.06. The van der Waals surface area contributed by atoms with Gasteiger partial charge < -0.3 is 22.3 Å². The normalized spacial score (nSPS) is 4.57. The van der Waals surface area contributed by atoms with Crippen LogP contribution in [0.2, 0.25) is 0 Å². The smallest absolute Gasteiger partial charge is 0.0885 e. The van der Waals surface area contributed by atoms with Gasteiger partial charge in [0.05, 0.1) is 0 Å². The van der Waals surface area contributed by atoms with Crippen molar-refractivity contribution in [3.05, 3.63) is 0 Å². The van der Waals surface area contributed by atoms with E-state index in [1.54, 1.807) is 0 Å². The van der Waals surface area contributed by atoms with Crippen molar-refractivity contribution in [1.29, 1.82) is 0 Å². The topological polar surface area (TPSA) is 99.8 Å². The van der Waals surface area contributed by atoms with E-state index in [9.17, 15) is 0 Å². The Morgan fingerprint density at radius 2 is 0.714 bits per heavy atom. The predicted molar refractivity (Wildman–Crippen MR) is 23.9 cm³/mol. The van der Waals surface area contributed by atoms with Crippen LogP contribution in [0.15, 0.2) is 0 Å². The van der Waals surface area contributed by atoms with E-state index in [0.717, 1.165) is 0 Å². The van der Waals surface area contributed by atoms with Crippen molar-refractivity contribution in [3.63, 3.8) is 0 Å². The molecule has 0 saturated heterocycles. The summed E-state index contributed by atoms with van der Waals surface area (Å²) in [6.45, 7) is 0. The Hall–Kier alpha value is -0.140. The van der Waals surface area contributed by atoms with Crippen LogP contribution in [0.25, 0.3) is 0 Å². The van der Waals surface area contributed by atoms with Crippen LogP contribution in [0, 0.1) is 0 Å². The zero-order valence-electron chi connectivity index (χ0n) is 3.03. The molecule has 0 atom stereocenters. The van der Waals surface area contributed by atoms with Gasteiger partial charge in [0.25, 0.3) is 0 Å². The molecule has 0 unspecified atom stereocenters. The maximum atomic E-state index is 8.35. The minimum atomic E-state index is -1.08. The summed E-state index contributed by atoms with van der Waals surface area (Å²) in [6, 6.07) is 0. The molecule has 0 aliphatic heterocycles. The fourth-order valence-electron chi connectivity index (χ4n) is 0. The Morgan fingerprint density at radius 1 is 0.714 bits per heavy atom. The molecule has 0 aromatic rings. The lowest BCUT2D eigenvalue weighted by molar-refractivity contribution is 0.539. The van der Waals surface area contributed by atoms with Crippen LogP contribution in [-0.4, -0.2) is 5.48 Å². The molecule has 0 fully saturated rings. The van der Waals surface area contributed by atoms with Crippen LogP contribution in [0.3, 0.4) is 0 Å². The highest BCUT2D eigenvalue weighted by Crippen LogP contribution is 0.944. The molecule has 0 aromatic carbocycles. The molecule has 0 amide bonds. The Morgan fingerprint density at radius 3 is 0.714 bits per heavy atom. The Labute approximate surface area is 46.2 Å². The van der Waals surface area contributed by atoms with Gasteiger partial charge in [0.2, 0.25) is 0 Å². The van der Waals surface area contributed by atoms with Crippen molar-refractivity contribution in [1.82, 2.24) is 0 Å². The van der Waals surface area contributed by atoms with Gasteiger partial charge in [0, 0.05) is 0 Å². The second kappa shape index (κ2) is 40.0. The molecule has 5 nitrogen and oxygen atoms in total. The number of hydrogen-bond acceptors (Lipinski definition) is 6. The zero-order chi connectivity index (χ0) is 5.41. The third kappa shape index (κ3) is 4450. The van der Waals surface area contributed by atoms with Crippen molar-refractivity contribution < 1.29 is 22.3 Å². The van der Waals surface area contributed by atoms with Crippen LogP contribution in [0.5, 0.6) is 0 Å². The SMILES string of the molecule is O.O=[SH-]=O.O=[SH-]=O. The van der Waals surface area contributed by atoms with Gasteiger partial charge in [-0.05, 0) is 0 Å². The van der Waals surface area contributed by atoms with Gasteiger partial charge in [0.15, 0.2) is 0 Å². The van der Waals surface area contributed by atoms with Crippen LogP contribution in [0.1, 0.15) is 0 Å². The lowest BCUT2D eigenvalue weighted by Gasteiger charge is -1.27. The molecule has 0 aliphatic rings. The monoisotopic (exact) mass is 148 g/mol. The summed E-state index contributed by atoms with van der Waals surface area (Å²) in [7, 11) is 0. The van der Waals surface area contributed by atoms with Crippen molar-refractivity contribution in [3.8, 4) is 0 Å². The highest BCUT2D eigenvalue weighted by molar-refractivity contribution is 7.51. The fourth-order valence-corrected chi connectivity index (χ4v) is 0. The van der Waals surface area contributed by atoms with E-state index in [1.807, 2.05) is 0 Å². The summed E-state index contributed by atoms with van der Waals surface area (Å²) < 4.78 is 33.4. The molecule has 0 rings (SSSR count). The molecule has 0 heterocycles. The highest BCUT2D eigenvalue weighted by atomic mass is 32.1. The molecular formula is H4O5S2-2. The van der Waals surface area contributed by atoms with Gasteiger partial charge in [-0.15, -0.1) is 0 Å². The fraction of sp³-hybridized carbons (Fsp3) is 0. The van der Waals surface area contributed by atoms with Gasteiger partial charge in [-0.25, -0.2) is 0 Å². The third-order valence-corrected chi connectivity index (χ3v) is 0. The first-order valence-electron chi connectivity index (χ1n) is 0.730. The van der Waals surface area contributed by atoms with E-state index < -0.39 is 23.1 Å². The second-order valence-corrected chi connectivity index (χ2v) is 0.447. The Balaban J connectivity index is -0.0000000400. The predicted octanol–water partition coefficient (Wildman–Crippen LogP) is -1.84. The Kier molecular flexibility index (Phi) is 90.4. The van der Waals surface area contributed by atoms with E-state index >= 15 is 0 Å². The molecule has 0 saturated carbocycles. The molecule has 0 aromatic heterocycles. The van der Waals surface area contributed by atoms with E-state index in [0.29, 0.717) is 0 Å². The van der Waals surface area contributed by atoms with Crippen molar-refractivity contribution in [2.75, 3.05) is 0 Å². The van der Waals surface area contributed by atoms with Crippen LogP contribution in [0.4, 0.5) is 0 Å². The molecule has 2 N–H and O–H groups in total. The van der Waals surface area contributed by atoms with Crippen LogP contribution in [-0.2, 0) is 40.0 Å². The summed E-state index contributed by atoms with van der Waals surface area (Å²) >= 11 is -2.17. The van der Waals surface area contributed by atoms with Gasteiger partial charge in [0.1, 0.15) is 0 Å². The summed E-state index contributed by atoms with van der Waals surface area (Å²) in [4.78, 5) is 0. The first-order valence-corrected chi connectivity index (χ1v) is 2.19. The first kappa shape index (κ1) is 15.8. The maximum absolute atomic E-state index is 8.35. The minimum Gasteiger partial charge on any atom is -0.427 e. The summed E-state index contributed by atoms with van der Waals surface area (Å²) in [5.74, 6) is 0. The Bertz CT molecular complexity index is 60.1. The average Bonchev–Trinajstić information content (AvgIpc) is 1.39. The van der Waals surface area contributed by atoms with E-state index in [-0.39, 0.29) is 5.48 Å². The zero-order valence-corrected chi connectivity index (χ0v) is 4.82. The number of thiol groups is 2. The van der Waals surface area contributed by atoms with Gasteiger partial charge >= 0.3 is 0 Å². The van der Waals surface area contributed by atoms with Gasteiger partial charge in [-0.2, -0.15) is 0 Å². The summed E-state index contributed by atoms with van der Waals surface area (Å²) in [5, 5.41) is 0. The lowest BCUT2D eigenvalue weighted by atomic mass is 15.9. The molecule has 48 valence electrons. The minimum absolute atomic E-state index is 0. The molecule has 7 heavy (non-hydrogen) atoms. The molecular weight excluding hydrogens is 144 g/mol. The molecule has 7 heteroatoms. The summed E-state index contributed by atoms with van der Waals surface area (Å²) in [5.41, 5.74) is 0. The standard InChI is InChI=1S/2HO2S.H2O/c2*1-3-2;/h2*3H;1H2/q2*-1;. The van der Waals surface area contributed by atoms with Crippen LogP contribution < -0.4 is 0 Å². The highest BCUT2D eigenvalue weighted by Gasteiger charge is 0.760. The summed E-state index contributed by atoms with van der Waals surface area (Å²) in [6.07, 6.45) is 0. The van der Waals surface area contributed by atoms with E-state index in [1.165, 1.54) is 0 Å². The van der Waals surface area contributed by atoms with E-state index in [2.05, 4.69) is 0 Å². The molecule has 0 aliphatic carbocycles. The van der Waals surface area contributed by atoms with Crippen molar-refractivity contribution >= 4 is 23.1 Å². The van der Waals surface area contributed by atoms with Gasteiger partial charge in [-0.3, -0.25) is 0 Å². The van der Waals surface area contributed by atoms with Crippen molar-refractivity contribution in [2.45, 2.75) is 0 Å². The average molecular weight is 148 g/mol. The van der Waals surface area contributed by atoms with Gasteiger partial charge in [-0.1, -0.05) is 23.1 Å². The molecule has 0 spiro atoms. The quantitative estimate of drug-likeness (QED) is 0.297. The molecule has 0 bridgehead atoms. The van der Waals surface area contributed by atoms with Crippen LogP contribution >= 0.6 is 0 Å². The number of rotatable bonds is 0. The first-order chi connectivity index (χ1) is 2.83. The number of hydrogen-bond donors (Lipinski definition) is 0. The van der Waals surface area contributed by atoms with Crippen molar-refractivity contribution in [2.24, 2.45) is 0 Å². The second-order valence-electron chi connectivity index (χ2n) is 0.149. The molecule has 0 radical (unpaired) electrons. The largest absolute Gasteiger partial charge is 0.427 e.